The fourth-order valence-electron chi connectivity index (χ4n) is 4.64. The Labute approximate surface area is 198 Å². The monoisotopic (exact) mass is 446 g/mol. The molecule has 3 nitrogen and oxygen atoms in total. The molecule has 0 heterocycles. The normalized spacial score (nSPS) is 22.5. The van der Waals surface area contributed by atoms with Gasteiger partial charge in [0, 0.05) is 5.92 Å². The lowest BCUT2D eigenvalue weighted by Crippen LogP contribution is -2.22. The number of aliphatic carboxylic acids is 1. The quantitative estimate of drug-likeness (QED) is 0.250. The molecule has 1 aliphatic rings. The summed E-state index contributed by atoms with van der Waals surface area (Å²) in [5.41, 5.74) is 5.49. The average Bonchev–Trinajstić information content (AvgIpc) is 2.73. The van der Waals surface area contributed by atoms with Gasteiger partial charge < -0.3 is 10.2 Å². The highest BCUT2D eigenvalue weighted by Crippen LogP contribution is 2.33. The van der Waals surface area contributed by atoms with Crippen molar-refractivity contribution in [2.24, 2.45) is 23.7 Å². The molecule has 3 heteroatoms. The Kier molecular flexibility index (Phi) is 13.2. The van der Waals surface area contributed by atoms with Gasteiger partial charge in [0.1, 0.15) is 0 Å². The Hall–Kier alpha value is -1.35. The van der Waals surface area contributed by atoms with Gasteiger partial charge in [-0.05, 0) is 82.3 Å². The minimum atomic E-state index is -0.694. The molecule has 5 atom stereocenters. The molecule has 5 unspecified atom stereocenters. The third-order valence-corrected chi connectivity index (χ3v) is 7.72. The maximum atomic E-state index is 10.9. The first-order valence-corrected chi connectivity index (χ1v) is 13.0. The van der Waals surface area contributed by atoms with E-state index in [1.54, 1.807) is 6.92 Å². The Morgan fingerprint density at radius 2 is 1.62 bits per heavy atom. The van der Waals surface area contributed by atoms with Crippen LogP contribution in [0.2, 0.25) is 0 Å². The predicted molar refractivity (Wildman–Crippen MR) is 137 cm³/mol. The lowest BCUT2D eigenvalue weighted by molar-refractivity contribution is -0.141. The summed E-state index contributed by atoms with van der Waals surface area (Å²) in [4.78, 5) is 10.9. The van der Waals surface area contributed by atoms with Crippen LogP contribution in [0.1, 0.15) is 113 Å². The van der Waals surface area contributed by atoms with Crippen molar-refractivity contribution < 1.29 is 15.0 Å². The predicted octanol–water partition coefficient (Wildman–Crippen LogP) is 8.10. The number of rotatable bonds is 15. The molecule has 0 saturated heterocycles. The van der Waals surface area contributed by atoms with Gasteiger partial charge in [-0.2, -0.15) is 0 Å². The van der Waals surface area contributed by atoms with Gasteiger partial charge in [-0.15, -0.1) is 0 Å². The number of allylic oxidation sites excluding steroid dienone is 4. The van der Waals surface area contributed by atoms with E-state index in [1.165, 1.54) is 60.8 Å². The van der Waals surface area contributed by atoms with Crippen molar-refractivity contribution in [2.75, 3.05) is 0 Å². The summed E-state index contributed by atoms with van der Waals surface area (Å²) in [6.45, 7) is 15.2. The Balaban J connectivity index is 2.19. The summed E-state index contributed by atoms with van der Waals surface area (Å²) in [5, 5.41) is 19.2. The lowest BCUT2D eigenvalue weighted by atomic mass is 9.81. The molecule has 0 aromatic rings. The molecule has 1 aliphatic carbocycles. The first-order valence-electron chi connectivity index (χ1n) is 13.0. The van der Waals surface area contributed by atoms with Gasteiger partial charge in [0.15, 0.2) is 0 Å². The third kappa shape index (κ3) is 10.5. The number of hydrogen-bond acceptors (Lipinski definition) is 2. The van der Waals surface area contributed by atoms with E-state index in [-0.39, 0.29) is 17.9 Å². The molecular formula is C29H50O3. The summed E-state index contributed by atoms with van der Waals surface area (Å²) in [6, 6.07) is 0. The van der Waals surface area contributed by atoms with Crippen molar-refractivity contribution in [3.8, 4) is 0 Å². The molecule has 0 saturated carbocycles. The van der Waals surface area contributed by atoms with Crippen LogP contribution in [-0.2, 0) is 4.79 Å². The van der Waals surface area contributed by atoms with E-state index in [0.29, 0.717) is 0 Å². The molecule has 184 valence electrons. The smallest absolute Gasteiger partial charge is 0.306 e. The minimum absolute atomic E-state index is 0.248. The van der Waals surface area contributed by atoms with Crippen LogP contribution in [0.3, 0.4) is 0 Å². The molecule has 0 bridgehead atoms. The second-order valence-corrected chi connectivity index (χ2v) is 10.7. The van der Waals surface area contributed by atoms with Gasteiger partial charge in [0.2, 0.25) is 0 Å². The number of hydrogen-bond donors (Lipinski definition) is 2. The third-order valence-electron chi connectivity index (χ3n) is 7.72. The molecule has 0 aliphatic heterocycles. The van der Waals surface area contributed by atoms with Crippen molar-refractivity contribution >= 4 is 5.97 Å². The van der Waals surface area contributed by atoms with E-state index in [2.05, 4.69) is 53.7 Å². The first-order chi connectivity index (χ1) is 15.0. The molecule has 32 heavy (non-hydrogen) atoms. The highest BCUT2D eigenvalue weighted by atomic mass is 16.4. The van der Waals surface area contributed by atoms with Crippen LogP contribution < -0.4 is 0 Å². The van der Waals surface area contributed by atoms with E-state index < -0.39 is 5.97 Å². The number of carbonyl (C=O) groups is 1. The van der Waals surface area contributed by atoms with E-state index in [4.69, 9.17) is 5.11 Å². The molecule has 1 rings (SSSR count). The second kappa shape index (κ2) is 14.7. The molecule has 0 radical (unpaired) electrons. The Morgan fingerprint density at radius 3 is 2.25 bits per heavy atom. The zero-order valence-electron chi connectivity index (χ0n) is 21.9. The van der Waals surface area contributed by atoms with Crippen LogP contribution in [0.25, 0.3) is 0 Å². The van der Waals surface area contributed by atoms with Gasteiger partial charge in [0.25, 0.3) is 0 Å². The number of carboxylic acid groups (broad SMARTS) is 1. The summed E-state index contributed by atoms with van der Waals surface area (Å²) < 4.78 is 0. The number of aliphatic hydroxyl groups excluding tert-OH is 1. The summed E-state index contributed by atoms with van der Waals surface area (Å²) in [5.74, 6) is 0.803. The van der Waals surface area contributed by atoms with Crippen LogP contribution in [0.15, 0.2) is 34.4 Å². The van der Waals surface area contributed by atoms with Crippen molar-refractivity contribution in [1.29, 1.82) is 0 Å². The Bertz CT molecular complexity index is 670. The van der Waals surface area contributed by atoms with Crippen LogP contribution in [-0.4, -0.2) is 22.3 Å². The fraction of sp³-hybridized carbons (Fsp3) is 0.759. The standard InChI is InChI=1S/C29H50O3/c1-20(11-8-12-21(2)15-10-16-23(4)29(31)32)13-9-14-22(3)17-18-27-19-28(30)26(7)24(5)25(27)6/h15,19-20,22-23,26,28,30H,8-14,16-18H2,1-7H3,(H,31,32)/b21-15+. The topological polar surface area (TPSA) is 57.5 Å². The fourth-order valence-corrected chi connectivity index (χ4v) is 4.64. The largest absolute Gasteiger partial charge is 0.481 e. The van der Waals surface area contributed by atoms with Gasteiger partial charge in [-0.3, -0.25) is 4.79 Å². The highest BCUT2D eigenvalue weighted by molar-refractivity contribution is 5.69. The lowest BCUT2D eigenvalue weighted by Gasteiger charge is -2.27. The Morgan fingerprint density at radius 1 is 1.03 bits per heavy atom. The highest BCUT2D eigenvalue weighted by Gasteiger charge is 2.22. The van der Waals surface area contributed by atoms with E-state index in [0.717, 1.165) is 37.5 Å². The SMILES string of the molecule is CC1=C(C)C(C)C(O)C=C1CCC(C)CCCC(C)CCC/C(C)=C/CCC(C)C(=O)O. The maximum Gasteiger partial charge on any atom is 0.306 e. The second-order valence-electron chi connectivity index (χ2n) is 10.7. The molecule has 2 N–H and O–H groups in total. The molecule has 0 aromatic carbocycles. The van der Waals surface area contributed by atoms with Crippen LogP contribution in [0.5, 0.6) is 0 Å². The first kappa shape index (κ1) is 28.7. The zero-order valence-corrected chi connectivity index (χ0v) is 21.9. The summed E-state index contributed by atoms with van der Waals surface area (Å²) in [6.07, 6.45) is 15.4. The molecule has 0 amide bonds. The summed E-state index contributed by atoms with van der Waals surface area (Å²) >= 11 is 0. The average molecular weight is 447 g/mol. The molecule has 0 fully saturated rings. The van der Waals surface area contributed by atoms with Gasteiger partial charge in [-0.1, -0.05) is 76.7 Å². The van der Waals surface area contributed by atoms with E-state index in [1.807, 2.05) is 0 Å². The van der Waals surface area contributed by atoms with Crippen molar-refractivity contribution in [1.82, 2.24) is 0 Å². The molecule has 0 aromatic heterocycles. The van der Waals surface area contributed by atoms with Crippen LogP contribution in [0.4, 0.5) is 0 Å². The van der Waals surface area contributed by atoms with Gasteiger partial charge in [-0.25, -0.2) is 0 Å². The van der Waals surface area contributed by atoms with Crippen molar-refractivity contribution in [3.05, 3.63) is 34.4 Å². The summed E-state index contributed by atoms with van der Waals surface area (Å²) in [7, 11) is 0. The number of aliphatic hydroxyl groups is 1. The van der Waals surface area contributed by atoms with Gasteiger partial charge in [0.05, 0.1) is 12.0 Å². The number of carboxylic acids is 1. The van der Waals surface area contributed by atoms with Crippen molar-refractivity contribution in [2.45, 2.75) is 119 Å². The van der Waals surface area contributed by atoms with E-state index in [9.17, 15) is 9.90 Å². The molecular weight excluding hydrogens is 396 g/mol. The van der Waals surface area contributed by atoms with Crippen molar-refractivity contribution in [3.63, 3.8) is 0 Å². The maximum absolute atomic E-state index is 10.9. The molecule has 0 spiro atoms. The minimum Gasteiger partial charge on any atom is -0.481 e. The van der Waals surface area contributed by atoms with E-state index >= 15 is 0 Å². The van der Waals surface area contributed by atoms with Crippen LogP contribution >= 0.6 is 0 Å². The van der Waals surface area contributed by atoms with Crippen LogP contribution in [0, 0.1) is 23.7 Å². The zero-order chi connectivity index (χ0) is 24.3. The van der Waals surface area contributed by atoms with Gasteiger partial charge >= 0.3 is 5.97 Å².